The molecule has 5 nitrogen and oxygen atoms in total. The molecule has 1 saturated heterocycles. The van der Waals surface area contributed by atoms with Crippen LogP contribution in [0.2, 0.25) is 0 Å². The minimum Gasteiger partial charge on any atom is -0.497 e. The molecule has 0 atom stereocenters. The highest BCUT2D eigenvalue weighted by Gasteiger charge is 2.31. The zero-order valence-corrected chi connectivity index (χ0v) is 14.9. The number of ether oxygens (including phenoxy) is 3. The van der Waals surface area contributed by atoms with Crippen molar-refractivity contribution >= 4 is 5.91 Å². The first-order valence-electron chi connectivity index (χ1n) is 8.43. The van der Waals surface area contributed by atoms with Crippen molar-refractivity contribution in [1.82, 2.24) is 4.90 Å². The molecule has 2 aromatic carbocycles. The largest absolute Gasteiger partial charge is 0.497 e. The lowest BCUT2D eigenvalue weighted by Gasteiger charge is -2.39. The number of amides is 1. The summed E-state index contributed by atoms with van der Waals surface area (Å²) in [4.78, 5) is 14.0. The lowest BCUT2D eigenvalue weighted by atomic mass is 10.1. The van der Waals surface area contributed by atoms with Crippen molar-refractivity contribution in [1.29, 1.82) is 0 Å². The third-order valence-electron chi connectivity index (χ3n) is 4.42. The maximum atomic E-state index is 13.7. The van der Waals surface area contributed by atoms with Gasteiger partial charge in [0.15, 0.2) is 11.6 Å². The van der Waals surface area contributed by atoms with Gasteiger partial charge in [-0.3, -0.25) is 4.79 Å². The van der Waals surface area contributed by atoms with Gasteiger partial charge in [-0.15, -0.1) is 0 Å². The van der Waals surface area contributed by atoms with Crippen LogP contribution in [-0.2, 0) is 22.6 Å². The molecule has 0 saturated carbocycles. The lowest BCUT2D eigenvalue weighted by Crippen LogP contribution is -2.55. The average Bonchev–Trinajstić information content (AvgIpc) is 2.61. The molecule has 6 heteroatoms. The van der Waals surface area contributed by atoms with Crippen LogP contribution in [0.5, 0.6) is 11.5 Å². The zero-order chi connectivity index (χ0) is 18.5. The number of hydrogen-bond donors (Lipinski definition) is 0. The highest BCUT2D eigenvalue weighted by molar-refractivity contribution is 5.79. The normalized spacial score (nSPS) is 14.0. The molecular weight excluding hydrogens is 337 g/mol. The quantitative estimate of drug-likeness (QED) is 0.763. The van der Waals surface area contributed by atoms with E-state index >= 15 is 0 Å². The fourth-order valence-corrected chi connectivity index (χ4v) is 2.79. The number of carbonyl (C=O) groups excluding carboxylic acids is 1. The van der Waals surface area contributed by atoms with Gasteiger partial charge in [0, 0.05) is 13.1 Å². The Morgan fingerprint density at radius 2 is 1.77 bits per heavy atom. The van der Waals surface area contributed by atoms with Crippen molar-refractivity contribution in [3.8, 4) is 11.5 Å². The first kappa shape index (κ1) is 18.2. The number of benzene rings is 2. The van der Waals surface area contributed by atoms with Crippen molar-refractivity contribution in [3.05, 3.63) is 59.4 Å². The van der Waals surface area contributed by atoms with Gasteiger partial charge in [0.1, 0.15) is 5.75 Å². The van der Waals surface area contributed by atoms with Crippen molar-refractivity contribution in [2.75, 3.05) is 27.3 Å². The monoisotopic (exact) mass is 359 g/mol. The van der Waals surface area contributed by atoms with E-state index in [1.807, 2.05) is 24.3 Å². The van der Waals surface area contributed by atoms with Crippen molar-refractivity contribution in [2.45, 2.75) is 19.1 Å². The van der Waals surface area contributed by atoms with Crippen LogP contribution in [0.4, 0.5) is 4.39 Å². The summed E-state index contributed by atoms with van der Waals surface area (Å²) in [5, 5.41) is 0. The van der Waals surface area contributed by atoms with E-state index in [0.29, 0.717) is 26.1 Å². The highest BCUT2D eigenvalue weighted by Crippen LogP contribution is 2.20. The Kier molecular flexibility index (Phi) is 5.73. The molecular formula is C20H22FNO4. The second-order valence-electron chi connectivity index (χ2n) is 6.23. The van der Waals surface area contributed by atoms with Crippen LogP contribution in [0.15, 0.2) is 42.5 Å². The van der Waals surface area contributed by atoms with E-state index in [4.69, 9.17) is 14.2 Å². The molecule has 1 aliphatic heterocycles. The summed E-state index contributed by atoms with van der Waals surface area (Å²) in [6, 6.07) is 12.2. The van der Waals surface area contributed by atoms with Gasteiger partial charge in [-0.1, -0.05) is 18.2 Å². The molecule has 0 aliphatic carbocycles. The predicted octanol–water partition coefficient (Wildman–Crippen LogP) is 2.81. The van der Waals surface area contributed by atoms with Crippen LogP contribution in [0.25, 0.3) is 0 Å². The van der Waals surface area contributed by atoms with Gasteiger partial charge in [0.05, 0.1) is 33.4 Å². The molecule has 0 aromatic heterocycles. The highest BCUT2D eigenvalue weighted by atomic mass is 19.1. The molecule has 2 aromatic rings. The Morgan fingerprint density at radius 3 is 2.38 bits per heavy atom. The van der Waals surface area contributed by atoms with Gasteiger partial charge < -0.3 is 19.1 Å². The van der Waals surface area contributed by atoms with E-state index < -0.39 is 5.82 Å². The Balaban J connectivity index is 1.42. The molecule has 138 valence electrons. The summed E-state index contributed by atoms with van der Waals surface area (Å²) in [5.41, 5.74) is 1.69. The Morgan fingerprint density at radius 1 is 1.08 bits per heavy atom. The molecule has 26 heavy (non-hydrogen) atoms. The topological polar surface area (TPSA) is 48.0 Å². The molecule has 1 aliphatic rings. The number of methoxy groups -OCH3 is 2. The van der Waals surface area contributed by atoms with Crippen molar-refractivity contribution < 1.29 is 23.4 Å². The SMILES string of the molecule is COc1ccc(CC(=O)N2CC(OCc3ccc(OC)c(F)c3)C2)cc1. The van der Waals surface area contributed by atoms with Crippen molar-refractivity contribution in [3.63, 3.8) is 0 Å². The fourth-order valence-electron chi connectivity index (χ4n) is 2.79. The van der Waals surface area contributed by atoms with Gasteiger partial charge in [-0.05, 0) is 35.4 Å². The lowest BCUT2D eigenvalue weighted by molar-refractivity contribution is -0.145. The smallest absolute Gasteiger partial charge is 0.227 e. The average molecular weight is 359 g/mol. The standard InChI is InChI=1S/C20H22FNO4/c1-24-16-6-3-14(4-7-16)10-20(23)22-11-17(12-22)26-13-15-5-8-19(25-2)18(21)9-15/h3-9,17H,10-13H2,1-2H3. The van der Waals surface area contributed by atoms with E-state index in [9.17, 15) is 9.18 Å². The van der Waals surface area contributed by atoms with Crippen molar-refractivity contribution in [2.24, 2.45) is 0 Å². The second kappa shape index (κ2) is 8.19. The first-order chi connectivity index (χ1) is 12.6. The minimum absolute atomic E-state index is 0.0139. The molecule has 0 spiro atoms. The summed E-state index contributed by atoms with van der Waals surface area (Å²) in [6.45, 7) is 1.44. The Bertz CT molecular complexity index is 757. The zero-order valence-electron chi connectivity index (χ0n) is 14.9. The number of rotatable bonds is 7. The summed E-state index contributed by atoms with van der Waals surface area (Å²) in [5.74, 6) is 0.658. The van der Waals surface area contributed by atoms with E-state index in [0.717, 1.165) is 16.9 Å². The van der Waals surface area contributed by atoms with Gasteiger partial charge in [0.2, 0.25) is 5.91 Å². The maximum absolute atomic E-state index is 13.7. The maximum Gasteiger partial charge on any atom is 0.227 e. The van der Waals surface area contributed by atoms with Crippen LogP contribution in [0.1, 0.15) is 11.1 Å². The molecule has 0 unspecified atom stereocenters. The molecule has 1 amide bonds. The summed E-state index contributed by atoms with van der Waals surface area (Å²) < 4.78 is 29.4. The summed E-state index contributed by atoms with van der Waals surface area (Å²) >= 11 is 0. The number of halogens is 1. The molecule has 0 N–H and O–H groups in total. The third-order valence-corrected chi connectivity index (χ3v) is 4.42. The molecule has 1 fully saturated rings. The van der Waals surface area contributed by atoms with Gasteiger partial charge in [0.25, 0.3) is 0 Å². The number of likely N-dealkylation sites (tertiary alicyclic amines) is 1. The fraction of sp³-hybridized carbons (Fsp3) is 0.350. The molecule has 0 bridgehead atoms. The molecule has 1 heterocycles. The predicted molar refractivity (Wildman–Crippen MR) is 94.8 cm³/mol. The van der Waals surface area contributed by atoms with Gasteiger partial charge in [-0.2, -0.15) is 0 Å². The molecule has 3 rings (SSSR count). The van der Waals surface area contributed by atoms with E-state index in [1.54, 1.807) is 24.1 Å². The van der Waals surface area contributed by atoms with Gasteiger partial charge in [-0.25, -0.2) is 4.39 Å². The first-order valence-corrected chi connectivity index (χ1v) is 8.43. The number of nitrogens with zero attached hydrogens (tertiary/aromatic N) is 1. The Hall–Kier alpha value is -2.60. The van der Waals surface area contributed by atoms with E-state index in [1.165, 1.54) is 13.2 Å². The third kappa shape index (κ3) is 4.32. The summed E-state index contributed by atoms with van der Waals surface area (Å²) in [7, 11) is 3.04. The Labute approximate surface area is 152 Å². The van der Waals surface area contributed by atoms with Crippen LogP contribution in [0, 0.1) is 5.82 Å². The van der Waals surface area contributed by atoms with E-state index in [2.05, 4.69) is 0 Å². The van der Waals surface area contributed by atoms with Crippen LogP contribution < -0.4 is 9.47 Å². The van der Waals surface area contributed by atoms with E-state index in [-0.39, 0.29) is 17.8 Å². The van der Waals surface area contributed by atoms with Gasteiger partial charge >= 0.3 is 0 Å². The van der Waals surface area contributed by atoms with Crippen LogP contribution >= 0.6 is 0 Å². The minimum atomic E-state index is -0.404. The number of carbonyl (C=O) groups is 1. The molecule has 0 radical (unpaired) electrons. The van der Waals surface area contributed by atoms with Crippen LogP contribution in [-0.4, -0.2) is 44.2 Å². The summed E-state index contributed by atoms with van der Waals surface area (Å²) in [6.07, 6.45) is 0.348. The number of hydrogen-bond acceptors (Lipinski definition) is 4. The second-order valence-corrected chi connectivity index (χ2v) is 6.23. The van der Waals surface area contributed by atoms with Crippen LogP contribution in [0.3, 0.4) is 0 Å².